The molecule has 1 fully saturated rings. The van der Waals surface area contributed by atoms with Crippen molar-refractivity contribution in [1.29, 1.82) is 0 Å². The highest BCUT2D eigenvalue weighted by Crippen LogP contribution is 2.31. The molecule has 0 aliphatic carbocycles. The van der Waals surface area contributed by atoms with Crippen LogP contribution in [0.3, 0.4) is 0 Å². The van der Waals surface area contributed by atoms with Crippen LogP contribution in [-0.2, 0) is 41.6 Å². The summed E-state index contributed by atoms with van der Waals surface area (Å²) in [5.41, 5.74) is 6.27. The smallest absolute Gasteiger partial charge is 0.337 e. The highest BCUT2D eigenvalue weighted by atomic mass is 35.5. The number of carbonyl (C=O) groups is 3. The van der Waals surface area contributed by atoms with Gasteiger partial charge >= 0.3 is 5.97 Å². The molecule has 0 unspecified atom stereocenters. The van der Waals surface area contributed by atoms with Crippen LogP contribution in [0.15, 0.2) is 59.6 Å². The van der Waals surface area contributed by atoms with Crippen LogP contribution < -0.4 is 11.1 Å². The summed E-state index contributed by atoms with van der Waals surface area (Å²) in [5, 5.41) is 3.34. The van der Waals surface area contributed by atoms with Crippen LogP contribution in [0.5, 0.6) is 0 Å². The van der Waals surface area contributed by atoms with Crippen molar-refractivity contribution >= 4 is 35.3 Å². The molecule has 226 valence electrons. The standard InChI is InChI=1S/C31H39ClN4O6/c1-20(33)27(37)34-26(21(2)41-18-22-10-5-4-6-11-22)29(38)36-15-8-7-14-25(36)28-35-31(19-42-28,30(39)40-3)17-23-12-9-13-24(32)16-23/h4-6,9-13,16,20-21,25-26H,7-8,14-15,17-19,33H2,1-3H3,(H,34,37)/t20-,21+,25-,26-,31+/m0/s1. The second-order valence-electron chi connectivity index (χ2n) is 10.9. The van der Waals surface area contributed by atoms with Gasteiger partial charge in [-0.15, -0.1) is 0 Å². The van der Waals surface area contributed by atoms with Crippen LogP contribution in [0.1, 0.15) is 44.2 Å². The number of amides is 2. The lowest BCUT2D eigenvalue weighted by molar-refractivity contribution is -0.147. The summed E-state index contributed by atoms with van der Waals surface area (Å²) in [4.78, 5) is 46.3. The molecule has 4 rings (SSSR count). The number of nitrogens with two attached hydrogens (primary N) is 1. The predicted molar refractivity (Wildman–Crippen MR) is 159 cm³/mol. The number of piperidine rings is 1. The lowest BCUT2D eigenvalue weighted by Crippen LogP contribution is -2.60. The van der Waals surface area contributed by atoms with Crippen LogP contribution in [0, 0.1) is 0 Å². The summed E-state index contributed by atoms with van der Waals surface area (Å²) in [6.07, 6.45) is 1.76. The van der Waals surface area contributed by atoms with Gasteiger partial charge in [0.05, 0.1) is 25.9 Å². The van der Waals surface area contributed by atoms with Crippen molar-refractivity contribution in [2.24, 2.45) is 10.7 Å². The van der Waals surface area contributed by atoms with Gasteiger partial charge in [0.2, 0.25) is 17.7 Å². The van der Waals surface area contributed by atoms with Gasteiger partial charge in [0, 0.05) is 18.0 Å². The summed E-state index contributed by atoms with van der Waals surface area (Å²) >= 11 is 6.19. The van der Waals surface area contributed by atoms with E-state index < -0.39 is 41.6 Å². The van der Waals surface area contributed by atoms with E-state index in [0.717, 1.165) is 24.0 Å². The second kappa shape index (κ2) is 14.1. The summed E-state index contributed by atoms with van der Waals surface area (Å²) in [6.45, 7) is 3.99. The number of carbonyl (C=O) groups excluding carboxylic acids is 3. The SMILES string of the molecule is COC(=O)[C@@]1(Cc2cccc(Cl)c2)COC([C@@H]2CCCCN2C(=O)[C@@H](NC(=O)[C@H](C)N)[C@@H](C)OCc2ccccc2)=N1. The van der Waals surface area contributed by atoms with Gasteiger partial charge in [-0.2, -0.15) is 0 Å². The quantitative estimate of drug-likeness (QED) is 0.380. The van der Waals surface area contributed by atoms with Crippen molar-refractivity contribution in [3.63, 3.8) is 0 Å². The number of halogens is 1. The Bertz CT molecular complexity index is 1290. The van der Waals surface area contributed by atoms with Crippen molar-refractivity contribution in [3.05, 3.63) is 70.7 Å². The van der Waals surface area contributed by atoms with Crippen molar-refractivity contribution in [3.8, 4) is 0 Å². The van der Waals surface area contributed by atoms with Crippen LogP contribution >= 0.6 is 11.6 Å². The molecule has 0 saturated carbocycles. The Morgan fingerprint density at radius 1 is 1.14 bits per heavy atom. The predicted octanol–water partition coefficient (Wildman–Crippen LogP) is 3.04. The van der Waals surface area contributed by atoms with Gasteiger partial charge in [-0.3, -0.25) is 9.59 Å². The van der Waals surface area contributed by atoms with Crippen molar-refractivity contribution < 1.29 is 28.6 Å². The molecule has 2 aliphatic heterocycles. The fourth-order valence-electron chi connectivity index (χ4n) is 5.27. The summed E-state index contributed by atoms with van der Waals surface area (Å²) in [5.74, 6) is -1.02. The van der Waals surface area contributed by atoms with E-state index in [9.17, 15) is 14.4 Å². The van der Waals surface area contributed by atoms with Crippen molar-refractivity contribution in [1.82, 2.24) is 10.2 Å². The van der Waals surface area contributed by atoms with Gasteiger partial charge in [0.15, 0.2) is 5.54 Å². The molecule has 5 atom stereocenters. The normalized spacial score (nSPS) is 22.4. The number of esters is 1. The maximum Gasteiger partial charge on any atom is 0.337 e. The number of hydrogen-bond acceptors (Lipinski definition) is 8. The van der Waals surface area contributed by atoms with Gasteiger partial charge in [-0.05, 0) is 56.4 Å². The molecule has 3 N–H and O–H groups in total. The lowest BCUT2D eigenvalue weighted by Gasteiger charge is -2.38. The van der Waals surface area contributed by atoms with E-state index >= 15 is 0 Å². The zero-order chi connectivity index (χ0) is 30.3. The molecular weight excluding hydrogens is 560 g/mol. The molecule has 0 aromatic heterocycles. The molecule has 0 bridgehead atoms. The minimum absolute atomic E-state index is 0.0263. The highest BCUT2D eigenvalue weighted by molar-refractivity contribution is 6.30. The first-order chi connectivity index (χ1) is 20.1. The second-order valence-corrected chi connectivity index (χ2v) is 11.3. The molecule has 2 aromatic carbocycles. The monoisotopic (exact) mass is 598 g/mol. The number of methoxy groups -OCH3 is 1. The topological polar surface area (TPSA) is 133 Å². The zero-order valence-electron chi connectivity index (χ0n) is 24.3. The number of nitrogens with zero attached hydrogens (tertiary/aromatic N) is 2. The fraction of sp³-hybridized carbons (Fsp3) is 0.484. The molecule has 2 heterocycles. The molecule has 42 heavy (non-hydrogen) atoms. The Kier molecular flexibility index (Phi) is 10.6. The first-order valence-corrected chi connectivity index (χ1v) is 14.6. The number of aliphatic imine (C=N–C) groups is 1. The third-order valence-electron chi connectivity index (χ3n) is 7.61. The Balaban J connectivity index is 1.59. The molecule has 2 aliphatic rings. The van der Waals surface area contributed by atoms with E-state index in [-0.39, 0.29) is 25.5 Å². The molecule has 11 heteroatoms. The molecule has 2 amide bonds. The van der Waals surface area contributed by atoms with Crippen LogP contribution in [0.4, 0.5) is 0 Å². The Morgan fingerprint density at radius 2 is 1.88 bits per heavy atom. The number of hydrogen-bond donors (Lipinski definition) is 2. The molecule has 1 saturated heterocycles. The molecule has 2 aromatic rings. The average molecular weight is 599 g/mol. The number of ether oxygens (including phenoxy) is 3. The van der Waals surface area contributed by atoms with Crippen molar-refractivity contribution in [2.75, 3.05) is 20.3 Å². The van der Waals surface area contributed by atoms with Gasteiger partial charge in [0.1, 0.15) is 18.7 Å². The first kappa shape index (κ1) is 31.5. The van der Waals surface area contributed by atoms with E-state index in [4.69, 9.17) is 36.5 Å². The third kappa shape index (κ3) is 7.48. The Labute approximate surface area is 251 Å². The van der Waals surface area contributed by atoms with Crippen LogP contribution in [0.2, 0.25) is 5.02 Å². The summed E-state index contributed by atoms with van der Waals surface area (Å²) < 4.78 is 17.3. The van der Waals surface area contributed by atoms with E-state index in [2.05, 4.69) is 5.32 Å². The summed E-state index contributed by atoms with van der Waals surface area (Å²) in [6, 6.07) is 14.5. The minimum Gasteiger partial charge on any atom is -0.476 e. The molecule has 0 spiro atoms. The van der Waals surface area contributed by atoms with Gasteiger partial charge in [-0.1, -0.05) is 54.1 Å². The molecule has 10 nitrogen and oxygen atoms in total. The van der Waals surface area contributed by atoms with Crippen molar-refractivity contribution in [2.45, 2.75) is 75.9 Å². The molecular formula is C31H39ClN4O6. The van der Waals surface area contributed by atoms with Gasteiger partial charge in [0.25, 0.3) is 0 Å². The maximum absolute atomic E-state index is 14.1. The van der Waals surface area contributed by atoms with E-state index in [1.54, 1.807) is 30.9 Å². The third-order valence-corrected chi connectivity index (χ3v) is 7.84. The van der Waals surface area contributed by atoms with E-state index in [0.29, 0.717) is 23.9 Å². The lowest BCUT2D eigenvalue weighted by atomic mass is 9.92. The Hall–Kier alpha value is -3.47. The van der Waals surface area contributed by atoms with Crippen LogP contribution in [-0.4, -0.2) is 78.6 Å². The minimum atomic E-state index is -1.31. The average Bonchev–Trinajstić information content (AvgIpc) is 3.43. The van der Waals surface area contributed by atoms with E-state index in [1.807, 2.05) is 42.5 Å². The number of nitrogens with one attached hydrogen (secondary N) is 1. The van der Waals surface area contributed by atoms with E-state index in [1.165, 1.54) is 7.11 Å². The number of likely N-dealkylation sites (tertiary alicyclic amines) is 1. The first-order valence-electron chi connectivity index (χ1n) is 14.2. The zero-order valence-corrected chi connectivity index (χ0v) is 25.0. The Morgan fingerprint density at radius 3 is 2.57 bits per heavy atom. The molecule has 0 radical (unpaired) electrons. The number of benzene rings is 2. The van der Waals surface area contributed by atoms with Gasteiger partial charge < -0.3 is 30.2 Å². The fourth-order valence-corrected chi connectivity index (χ4v) is 5.49. The maximum atomic E-state index is 14.1. The number of rotatable bonds is 11. The van der Waals surface area contributed by atoms with Gasteiger partial charge in [-0.25, -0.2) is 9.79 Å². The summed E-state index contributed by atoms with van der Waals surface area (Å²) in [7, 11) is 1.31. The highest BCUT2D eigenvalue weighted by Gasteiger charge is 2.49. The largest absolute Gasteiger partial charge is 0.476 e. The van der Waals surface area contributed by atoms with Crippen LogP contribution in [0.25, 0.3) is 0 Å².